The zero-order valence-corrected chi connectivity index (χ0v) is 12.9. The van der Waals surface area contributed by atoms with Gasteiger partial charge in [0.15, 0.2) is 11.5 Å². The summed E-state index contributed by atoms with van der Waals surface area (Å²) in [5.74, 6) is 2.68. The van der Waals surface area contributed by atoms with Gasteiger partial charge in [-0.25, -0.2) is 4.98 Å². The van der Waals surface area contributed by atoms with E-state index in [4.69, 9.17) is 9.47 Å². The summed E-state index contributed by atoms with van der Waals surface area (Å²) in [5, 5.41) is 3.40. The minimum absolute atomic E-state index is 0.504. The monoisotopic (exact) mass is 298 g/mol. The molecule has 1 aromatic carbocycles. The van der Waals surface area contributed by atoms with Gasteiger partial charge in [0.2, 0.25) is 5.88 Å². The Kier molecular flexibility index (Phi) is 4.91. The van der Waals surface area contributed by atoms with Gasteiger partial charge in [0.1, 0.15) is 0 Å². The standard InChI is InChI=1S/C18H22N2O2/c1-2-21-16-7-3-4-8-17(16)22-18-15(6-5-11-20-18)14-9-12-19-13-10-14/h3-8,11,14,19H,2,9-10,12-13H2,1H3. The number of hydrogen-bond donors (Lipinski definition) is 1. The van der Waals surface area contributed by atoms with Gasteiger partial charge < -0.3 is 14.8 Å². The van der Waals surface area contributed by atoms with Gasteiger partial charge >= 0.3 is 0 Å². The maximum Gasteiger partial charge on any atom is 0.222 e. The van der Waals surface area contributed by atoms with E-state index in [-0.39, 0.29) is 0 Å². The summed E-state index contributed by atoms with van der Waals surface area (Å²) in [6.07, 6.45) is 4.02. The Labute approximate surface area is 131 Å². The molecule has 1 aromatic heterocycles. The number of benzene rings is 1. The molecule has 0 aliphatic carbocycles. The molecule has 1 aliphatic heterocycles. The lowest BCUT2D eigenvalue weighted by Crippen LogP contribution is -2.26. The van der Waals surface area contributed by atoms with Gasteiger partial charge in [0.05, 0.1) is 6.61 Å². The quantitative estimate of drug-likeness (QED) is 0.913. The number of aromatic nitrogens is 1. The van der Waals surface area contributed by atoms with Gasteiger partial charge in [-0.1, -0.05) is 18.2 Å². The van der Waals surface area contributed by atoms with E-state index in [9.17, 15) is 0 Å². The highest BCUT2D eigenvalue weighted by Gasteiger charge is 2.20. The average molecular weight is 298 g/mol. The minimum Gasteiger partial charge on any atom is -0.490 e. The van der Waals surface area contributed by atoms with Crippen LogP contribution in [0, 0.1) is 0 Å². The second-order valence-corrected chi connectivity index (χ2v) is 5.40. The molecule has 0 atom stereocenters. The van der Waals surface area contributed by atoms with E-state index in [0.717, 1.165) is 37.4 Å². The van der Waals surface area contributed by atoms with Crippen molar-refractivity contribution in [2.75, 3.05) is 19.7 Å². The van der Waals surface area contributed by atoms with E-state index in [2.05, 4.69) is 16.4 Å². The Bertz CT molecular complexity index is 610. The molecule has 4 heteroatoms. The number of pyridine rings is 1. The molecule has 1 N–H and O–H groups in total. The minimum atomic E-state index is 0.504. The summed E-state index contributed by atoms with van der Waals surface area (Å²) in [6.45, 7) is 4.69. The number of hydrogen-bond acceptors (Lipinski definition) is 4. The maximum absolute atomic E-state index is 6.09. The molecule has 1 fully saturated rings. The summed E-state index contributed by atoms with van der Waals surface area (Å²) in [6, 6.07) is 11.9. The molecule has 4 nitrogen and oxygen atoms in total. The van der Waals surface area contributed by atoms with E-state index < -0.39 is 0 Å². The van der Waals surface area contributed by atoms with E-state index >= 15 is 0 Å². The Morgan fingerprint density at radius 2 is 1.86 bits per heavy atom. The molecule has 2 aromatic rings. The highest BCUT2D eigenvalue weighted by Crippen LogP contribution is 2.36. The Morgan fingerprint density at radius 1 is 1.09 bits per heavy atom. The number of para-hydroxylation sites is 2. The number of nitrogens with zero attached hydrogens (tertiary/aromatic N) is 1. The largest absolute Gasteiger partial charge is 0.490 e. The average Bonchev–Trinajstić information content (AvgIpc) is 2.58. The highest BCUT2D eigenvalue weighted by molar-refractivity contribution is 5.43. The van der Waals surface area contributed by atoms with Gasteiger partial charge in [0.25, 0.3) is 0 Å². The predicted molar refractivity (Wildman–Crippen MR) is 86.8 cm³/mol. The Hall–Kier alpha value is -2.07. The molecule has 0 radical (unpaired) electrons. The van der Waals surface area contributed by atoms with Crippen molar-refractivity contribution in [3.05, 3.63) is 48.2 Å². The summed E-state index contributed by atoms with van der Waals surface area (Å²) in [5.41, 5.74) is 1.19. The second-order valence-electron chi connectivity index (χ2n) is 5.40. The van der Waals surface area contributed by atoms with E-state index in [1.54, 1.807) is 6.20 Å². The summed E-state index contributed by atoms with van der Waals surface area (Å²) in [4.78, 5) is 4.45. The third-order valence-electron chi connectivity index (χ3n) is 3.94. The smallest absolute Gasteiger partial charge is 0.222 e. The fraction of sp³-hybridized carbons (Fsp3) is 0.389. The predicted octanol–water partition coefficient (Wildman–Crippen LogP) is 3.74. The van der Waals surface area contributed by atoms with Crippen molar-refractivity contribution in [2.45, 2.75) is 25.7 Å². The first kappa shape index (κ1) is 14.9. The number of piperidine rings is 1. The lowest BCUT2D eigenvalue weighted by Gasteiger charge is -2.24. The first-order valence-electron chi connectivity index (χ1n) is 7.93. The van der Waals surface area contributed by atoms with Crippen LogP contribution in [0.4, 0.5) is 0 Å². The molecule has 0 unspecified atom stereocenters. The van der Waals surface area contributed by atoms with Gasteiger partial charge in [-0.15, -0.1) is 0 Å². The van der Waals surface area contributed by atoms with Crippen molar-refractivity contribution < 1.29 is 9.47 Å². The molecule has 0 spiro atoms. The lowest BCUT2D eigenvalue weighted by molar-refractivity contribution is 0.318. The first-order valence-corrected chi connectivity index (χ1v) is 7.93. The molecule has 0 bridgehead atoms. The van der Waals surface area contributed by atoms with Crippen LogP contribution in [0.2, 0.25) is 0 Å². The third kappa shape index (κ3) is 3.39. The second kappa shape index (κ2) is 7.27. The zero-order valence-electron chi connectivity index (χ0n) is 12.9. The summed E-state index contributed by atoms with van der Waals surface area (Å²) in [7, 11) is 0. The van der Waals surface area contributed by atoms with Crippen LogP contribution in [-0.4, -0.2) is 24.7 Å². The zero-order chi connectivity index (χ0) is 15.2. The number of rotatable bonds is 5. The van der Waals surface area contributed by atoms with Crippen molar-refractivity contribution in [3.8, 4) is 17.4 Å². The molecule has 3 rings (SSSR count). The van der Waals surface area contributed by atoms with E-state index in [1.165, 1.54) is 5.56 Å². The SMILES string of the molecule is CCOc1ccccc1Oc1ncccc1C1CCNCC1. The van der Waals surface area contributed by atoms with Gasteiger partial charge in [0, 0.05) is 11.8 Å². The lowest BCUT2D eigenvalue weighted by atomic mass is 9.91. The van der Waals surface area contributed by atoms with Gasteiger partial charge in [-0.05, 0) is 57.0 Å². The fourth-order valence-corrected chi connectivity index (χ4v) is 2.85. The van der Waals surface area contributed by atoms with Crippen molar-refractivity contribution in [3.63, 3.8) is 0 Å². The van der Waals surface area contributed by atoms with E-state index in [1.807, 2.05) is 37.3 Å². The molecule has 2 heterocycles. The van der Waals surface area contributed by atoms with Crippen molar-refractivity contribution in [2.24, 2.45) is 0 Å². The van der Waals surface area contributed by atoms with Crippen LogP contribution in [0.3, 0.4) is 0 Å². The van der Waals surface area contributed by atoms with E-state index in [0.29, 0.717) is 18.4 Å². The molecule has 1 saturated heterocycles. The molecular formula is C18H22N2O2. The summed E-state index contributed by atoms with van der Waals surface area (Å²) < 4.78 is 11.7. The van der Waals surface area contributed by atoms with Crippen LogP contribution >= 0.6 is 0 Å². The molecule has 116 valence electrons. The van der Waals surface area contributed by atoms with Crippen LogP contribution in [-0.2, 0) is 0 Å². The van der Waals surface area contributed by atoms with Crippen LogP contribution in [0.5, 0.6) is 17.4 Å². The van der Waals surface area contributed by atoms with Gasteiger partial charge in [-0.3, -0.25) is 0 Å². The Morgan fingerprint density at radius 3 is 2.64 bits per heavy atom. The van der Waals surface area contributed by atoms with Crippen LogP contribution in [0.15, 0.2) is 42.6 Å². The van der Waals surface area contributed by atoms with Crippen molar-refractivity contribution in [1.82, 2.24) is 10.3 Å². The van der Waals surface area contributed by atoms with Crippen molar-refractivity contribution in [1.29, 1.82) is 0 Å². The number of ether oxygens (including phenoxy) is 2. The Balaban J connectivity index is 1.86. The first-order chi connectivity index (χ1) is 10.9. The van der Waals surface area contributed by atoms with Crippen LogP contribution in [0.25, 0.3) is 0 Å². The fourth-order valence-electron chi connectivity index (χ4n) is 2.85. The molecule has 1 aliphatic rings. The topological polar surface area (TPSA) is 43.4 Å². The molecule has 0 amide bonds. The number of nitrogens with one attached hydrogen (secondary N) is 1. The molecule has 0 saturated carbocycles. The van der Waals surface area contributed by atoms with Crippen LogP contribution < -0.4 is 14.8 Å². The van der Waals surface area contributed by atoms with Gasteiger partial charge in [-0.2, -0.15) is 0 Å². The maximum atomic E-state index is 6.09. The molecule has 22 heavy (non-hydrogen) atoms. The van der Waals surface area contributed by atoms with Crippen molar-refractivity contribution >= 4 is 0 Å². The highest BCUT2D eigenvalue weighted by atomic mass is 16.5. The normalized spacial score (nSPS) is 15.5. The molecular weight excluding hydrogens is 276 g/mol. The third-order valence-corrected chi connectivity index (χ3v) is 3.94. The van der Waals surface area contributed by atoms with Crippen LogP contribution in [0.1, 0.15) is 31.2 Å². The summed E-state index contributed by atoms with van der Waals surface area (Å²) >= 11 is 0.